The van der Waals surface area contributed by atoms with Crippen molar-refractivity contribution < 1.29 is 28.8 Å². The molecule has 1 aliphatic carbocycles. The number of nitrogens with one attached hydrogen (secondary N) is 3. The van der Waals surface area contributed by atoms with Crippen LogP contribution in [0.25, 0.3) is 0 Å². The zero-order chi connectivity index (χ0) is 30.1. The Morgan fingerprint density at radius 2 is 1.59 bits per heavy atom. The van der Waals surface area contributed by atoms with Crippen molar-refractivity contribution in [1.29, 1.82) is 0 Å². The van der Waals surface area contributed by atoms with Crippen molar-refractivity contribution in [1.82, 2.24) is 20.9 Å². The lowest BCUT2D eigenvalue weighted by atomic mass is 9.85. The molecule has 0 bridgehead atoms. The molecule has 0 radical (unpaired) electrons. The van der Waals surface area contributed by atoms with Crippen LogP contribution in [0.1, 0.15) is 87.5 Å². The molecule has 39 heavy (non-hydrogen) atoms. The number of amides is 5. The average molecular weight is 552 g/mol. The molecule has 4 unspecified atom stereocenters. The van der Waals surface area contributed by atoms with E-state index >= 15 is 0 Å². The Balaban J connectivity index is 0.000000487. The standard InChI is InChI=1S/C20H37N3O3.C8H12N2O3/c1-12(2)15(16(24)13(3)4)21-19(26)22-17(20(6,7)8)18(25)23-11-9-10-14(23)5;9-8(13)7(12)6(10-4-11)3-5-1-2-5/h12-15,17H,9-11H2,1-8H3,(H2,21,22,26);4-6H,1-3H2,(H2,9,13)(H,10,11). The molecule has 0 aromatic carbocycles. The Labute approximate surface area is 232 Å². The maximum absolute atomic E-state index is 13.0. The molecule has 2 rings (SSSR count). The summed E-state index contributed by atoms with van der Waals surface area (Å²) in [6, 6.07) is -2.18. The van der Waals surface area contributed by atoms with E-state index < -0.39 is 41.3 Å². The van der Waals surface area contributed by atoms with Crippen molar-refractivity contribution >= 4 is 35.8 Å². The minimum absolute atomic E-state index is 0.00181. The topological polar surface area (TPSA) is 168 Å². The highest BCUT2D eigenvalue weighted by Crippen LogP contribution is 2.33. The zero-order valence-corrected chi connectivity index (χ0v) is 24.8. The van der Waals surface area contributed by atoms with Crippen LogP contribution in [0.4, 0.5) is 4.79 Å². The van der Waals surface area contributed by atoms with Crippen molar-refractivity contribution in [3.8, 4) is 0 Å². The van der Waals surface area contributed by atoms with Gasteiger partial charge in [0.25, 0.3) is 5.91 Å². The van der Waals surface area contributed by atoms with Crippen LogP contribution in [0.5, 0.6) is 0 Å². The fraction of sp³-hybridized carbons (Fsp3) is 0.786. The quantitative estimate of drug-likeness (QED) is 0.213. The average Bonchev–Trinajstić information content (AvgIpc) is 3.55. The third-order valence-corrected chi connectivity index (χ3v) is 7.15. The molecule has 2 aliphatic rings. The lowest BCUT2D eigenvalue weighted by Gasteiger charge is -2.35. The number of carbonyl (C=O) groups excluding carboxylic acids is 6. The summed E-state index contributed by atoms with van der Waals surface area (Å²) >= 11 is 0. The van der Waals surface area contributed by atoms with E-state index in [-0.39, 0.29) is 29.6 Å². The van der Waals surface area contributed by atoms with Crippen LogP contribution < -0.4 is 21.7 Å². The van der Waals surface area contributed by atoms with Gasteiger partial charge in [0.05, 0.1) is 12.1 Å². The van der Waals surface area contributed by atoms with Crippen molar-refractivity contribution in [2.24, 2.45) is 28.9 Å². The first-order chi connectivity index (χ1) is 18.0. The van der Waals surface area contributed by atoms with Crippen molar-refractivity contribution in [2.45, 2.75) is 112 Å². The number of rotatable bonds is 12. The summed E-state index contributed by atoms with van der Waals surface area (Å²) in [5.41, 5.74) is 4.39. The molecule has 11 nitrogen and oxygen atoms in total. The lowest BCUT2D eigenvalue weighted by Crippen LogP contribution is -2.59. The van der Waals surface area contributed by atoms with Crippen molar-refractivity contribution in [2.75, 3.05) is 6.54 Å². The first-order valence-electron chi connectivity index (χ1n) is 14.0. The Morgan fingerprint density at radius 3 is 1.97 bits per heavy atom. The third kappa shape index (κ3) is 11.0. The summed E-state index contributed by atoms with van der Waals surface area (Å²) in [4.78, 5) is 71.6. The Kier molecular flexibility index (Phi) is 13.1. The van der Waals surface area contributed by atoms with Crippen LogP contribution in [0.2, 0.25) is 0 Å². The highest BCUT2D eigenvalue weighted by Gasteiger charge is 2.39. The van der Waals surface area contributed by atoms with Gasteiger partial charge >= 0.3 is 6.03 Å². The molecule has 1 saturated heterocycles. The van der Waals surface area contributed by atoms with Gasteiger partial charge in [-0.1, -0.05) is 61.3 Å². The Morgan fingerprint density at radius 1 is 1.00 bits per heavy atom. The lowest BCUT2D eigenvalue weighted by molar-refractivity contribution is -0.137. The van der Waals surface area contributed by atoms with Crippen molar-refractivity contribution in [3.63, 3.8) is 0 Å². The molecule has 1 saturated carbocycles. The maximum Gasteiger partial charge on any atom is 0.316 e. The fourth-order valence-electron chi connectivity index (χ4n) is 4.51. The number of likely N-dealkylation sites (tertiary alicyclic amines) is 1. The molecule has 1 aliphatic heterocycles. The molecule has 0 aromatic heterocycles. The number of hydrogen-bond donors (Lipinski definition) is 4. The predicted octanol–water partition coefficient (Wildman–Crippen LogP) is 1.92. The highest BCUT2D eigenvalue weighted by atomic mass is 16.2. The Hall–Kier alpha value is -2.98. The number of nitrogens with two attached hydrogens (primary N) is 1. The second-order valence-corrected chi connectivity index (χ2v) is 12.5. The summed E-state index contributed by atoms with van der Waals surface area (Å²) in [5.74, 6) is -1.46. The molecular formula is C28H49N5O6. The van der Waals surface area contributed by atoms with E-state index in [0.717, 1.165) is 32.2 Å². The van der Waals surface area contributed by atoms with Gasteiger partial charge in [0, 0.05) is 18.5 Å². The van der Waals surface area contributed by atoms with Crippen LogP contribution >= 0.6 is 0 Å². The van der Waals surface area contributed by atoms with Gasteiger partial charge in [-0.25, -0.2) is 4.79 Å². The van der Waals surface area contributed by atoms with Gasteiger partial charge in [-0.2, -0.15) is 0 Å². The van der Waals surface area contributed by atoms with E-state index in [1.54, 1.807) is 0 Å². The monoisotopic (exact) mass is 551 g/mol. The summed E-state index contributed by atoms with van der Waals surface area (Å²) in [5, 5.41) is 7.93. The molecule has 1 heterocycles. The SMILES string of the molecule is CC(C)C(=O)C(NC(=O)NC(C(=O)N1CCCC1C)C(C)(C)C)C(C)C.NC(=O)C(=O)C(CC1CC1)NC=O. The summed E-state index contributed by atoms with van der Waals surface area (Å²) < 4.78 is 0. The molecule has 0 aromatic rings. The molecule has 11 heteroatoms. The maximum atomic E-state index is 13.0. The Bertz CT molecular complexity index is 893. The highest BCUT2D eigenvalue weighted by molar-refractivity contribution is 6.37. The number of urea groups is 1. The van der Waals surface area contributed by atoms with Gasteiger partial charge in [0.15, 0.2) is 5.78 Å². The molecular weight excluding hydrogens is 502 g/mol. The van der Waals surface area contributed by atoms with Crippen LogP contribution in [-0.4, -0.2) is 71.4 Å². The second kappa shape index (κ2) is 15.0. The smallest absolute Gasteiger partial charge is 0.316 e. The minimum atomic E-state index is -0.986. The van der Waals surface area contributed by atoms with E-state index in [1.807, 2.05) is 60.3 Å². The first kappa shape index (κ1) is 34.0. The number of carbonyl (C=O) groups is 6. The number of Topliss-reactive ketones (excluding diaryl/α,β-unsaturated/α-hetero) is 2. The van der Waals surface area contributed by atoms with Gasteiger partial charge < -0.3 is 26.6 Å². The molecule has 222 valence electrons. The second-order valence-electron chi connectivity index (χ2n) is 12.5. The molecule has 5 N–H and O–H groups in total. The number of nitrogens with zero attached hydrogens (tertiary/aromatic N) is 1. The molecule has 5 amide bonds. The van der Waals surface area contributed by atoms with Gasteiger partial charge in [-0.05, 0) is 43.4 Å². The number of ketones is 2. The minimum Gasteiger partial charge on any atom is -0.363 e. The van der Waals surface area contributed by atoms with E-state index in [0.29, 0.717) is 18.7 Å². The number of primary amides is 1. The molecule has 0 spiro atoms. The van der Waals surface area contributed by atoms with E-state index in [2.05, 4.69) is 16.0 Å². The summed E-state index contributed by atoms with van der Waals surface area (Å²) in [6.07, 6.45) is 5.06. The van der Waals surface area contributed by atoms with E-state index in [1.165, 1.54) is 0 Å². The van der Waals surface area contributed by atoms with E-state index in [9.17, 15) is 28.8 Å². The van der Waals surface area contributed by atoms with Crippen molar-refractivity contribution in [3.05, 3.63) is 0 Å². The van der Waals surface area contributed by atoms with Crippen LogP contribution in [0, 0.1) is 23.2 Å². The van der Waals surface area contributed by atoms with Crippen LogP contribution in [0.15, 0.2) is 0 Å². The predicted molar refractivity (Wildman–Crippen MR) is 148 cm³/mol. The van der Waals surface area contributed by atoms with Gasteiger partial charge in [0.2, 0.25) is 18.1 Å². The van der Waals surface area contributed by atoms with Crippen LogP contribution in [-0.2, 0) is 24.0 Å². The molecule has 2 fully saturated rings. The first-order valence-corrected chi connectivity index (χ1v) is 14.0. The largest absolute Gasteiger partial charge is 0.363 e. The van der Waals surface area contributed by atoms with Gasteiger partial charge in [-0.3, -0.25) is 24.0 Å². The van der Waals surface area contributed by atoms with Crippen LogP contribution in [0.3, 0.4) is 0 Å². The summed E-state index contributed by atoms with van der Waals surface area (Å²) in [6.45, 7) is 16.1. The zero-order valence-electron chi connectivity index (χ0n) is 24.8. The third-order valence-electron chi connectivity index (χ3n) is 7.15. The number of hydrogen-bond acceptors (Lipinski definition) is 6. The summed E-state index contributed by atoms with van der Waals surface area (Å²) in [7, 11) is 0. The normalized spacial score (nSPS) is 19.3. The van der Waals surface area contributed by atoms with Gasteiger partial charge in [-0.15, -0.1) is 0 Å². The van der Waals surface area contributed by atoms with Gasteiger partial charge in [0.1, 0.15) is 6.04 Å². The molecule has 4 atom stereocenters. The fourth-order valence-corrected chi connectivity index (χ4v) is 4.51. The van der Waals surface area contributed by atoms with E-state index in [4.69, 9.17) is 5.73 Å².